The highest BCUT2D eigenvalue weighted by Crippen LogP contribution is 2.39. The Balaban J connectivity index is 1.26. The lowest BCUT2D eigenvalue weighted by Crippen LogP contribution is -2.42. The molecule has 2 fully saturated rings. The molecule has 2 N–H and O–H groups in total. The Morgan fingerprint density at radius 3 is 2.67 bits per heavy atom. The van der Waals surface area contributed by atoms with Crippen LogP contribution in [0.5, 0.6) is 0 Å². The van der Waals surface area contributed by atoms with Crippen LogP contribution in [-0.4, -0.2) is 57.2 Å². The number of carbonyl (C=O) groups is 1. The lowest BCUT2D eigenvalue weighted by molar-refractivity contribution is -0.121. The van der Waals surface area contributed by atoms with Crippen LogP contribution in [0.1, 0.15) is 56.3 Å². The molecule has 0 radical (unpaired) electrons. The lowest BCUT2D eigenvalue weighted by atomic mass is 9.74. The van der Waals surface area contributed by atoms with Gasteiger partial charge in [-0.05, 0) is 75.4 Å². The van der Waals surface area contributed by atoms with Crippen molar-refractivity contribution in [3.05, 3.63) is 64.9 Å². The van der Waals surface area contributed by atoms with E-state index in [1.807, 2.05) is 35.9 Å². The molecule has 1 saturated carbocycles. The molecule has 1 aliphatic carbocycles. The molecule has 1 saturated heterocycles. The Bertz CT molecular complexity index is 1190. The van der Waals surface area contributed by atoms with Gasteiger partial charge in [0.05, 0.1) is 17.1 Å². The molecular formula is C29H37ClN4O2. The van der Waals surface area contributed by atoms with E-state index in [1.54, 1.807) is 0 Å². The topological polar surface area (TPSA) is 70.4 Å². The summed E-state index contributed by atoms with van der Waals surface area (Å²) in [6, 6.07) is 16.5. The highest BCUT2D eigenvalue weighted by Gasteiger charge is 2.40. The number of carbonyl (C=O) groups excluding carboxylic acids is 1. The number of aliphatic hydroxyl groups excluding tert-OH is 1. The first-order valence-electron chi connectivity index (χ1n) is 13.3. The Labute approximate surface area is 218 Å². The zero-order valence-electron chi connectivity index (χ0n) is 21.1. The second kappa shape index (κ2) is 10.9. The van der Waals surface area contributed by atoms with Gasteiger partial charge in [-0.2, -0.15) is 0 Å². The maximum Gasteiger partial charge on any atom is 0.220 e. The van der Waals surface area contributed by atoms with Crippen molar-refractivity contribution in [3.63, 3.8) is 0 Å². The quantitative estimate of drug-likeness (QED) is 0.457. The Hall–Kier alpha value is -2.41. The van der Waals surface area contributed by atoms with Crippen LogP contribution in [0, 0.1) is 0 Å². The number of rotatable bonds is 7. The van der Waals surface area contributed by atoms with Crippen molar-refractivity contribution in [2.75, 3.05) is 19.6 Å². The zero-order chi connectivity index (χ0) is 25.1. The molecule has 0 unspecified atom stereocenters. The van der Waals surface area contributed by atoms with Crippen molar-refractivity contribution in [2.24, 2.45) is 7.05 Å². The third-order valence-electron chi connectivity index (χ3n) is 8.41. The Morgan fingerprint density at radius 1 is 1.14 bits per heavy atom. The van der Waals surface area contributed by atoms with E-state index in [1.165, 1.54) is 18.4 Å². The number of benzene rings is 2. The van der Waals surface area contributed by atoms with Gasteiger partial charge in [-0.1, -0.05) is 41.9 Å². The molecule has 1 amide bonds. The summed E-state index contributed by atoms with van der Waals surface area (Å²) in [7, 11) is 1.98. The van der Waals surface area contributed by atoms with Crippen molar-refractivity contribution >= 4 is 28.5 Å². The zero-order valence-corrected chi connectivity index (χ0v) is 21.9. The van der Waals surface area contributed by atoms with Crippen molar-refractivity contribution in [1.29, 1.82) is 0 Å². The predicted octanol–water partition coefficient (Wildman–Crippen LogP) is 4.61. The van der Waals surface area contributed by atoms with Gasteiger partial charge in [0.15, 0.2) is 0 Å². The number of hydrogen-bond donors (Lipinski definition) is 2. The molecule has 0 spiro atoms. The molecule has 1 aromatic heterocycles. The number of aromatic nitrogens is 2. The third kappa shape index (κ3) is 5.31. The Kier molecular flexibility index (Phi) is 7.65. The summed E-state index contributed by atoms with van der Waals surface area (Å²) in [4.78, 5) is 20.2. The van der Waals surface area contributed by atoms with Crippen LogP contribution in [0.4, 0.5) is 0 Å². The van der Waals surface area contributed by atoms with Gasteiger partial charge in [-0.3, -0.25) is 9.69 Å². The summed E-state index contributed by atoms with van der Waals surface area (Å²) in [5.41, 5.74) is 2.96. The number of nitrogens with one attached hydrogen (secondary N) is 1. The minimum Gasteiger partial charge on any atom is -0.391 e. The number of fused-ring (bicyclic) bond motifs is 1. The lowest BCUT2D eigenvalue weighted by Gasteiger charge is -2.34. The van der Waals surface area contributed by atoms with Crippen LogP contribution in [0.25, 0.3) is 11.0 Å². The molecule has 3 aromatic rings. The molecule has 1 aliphatic heterocycles. The fourth-order valence-corrected chi connectivity index (χ4v) is 6.41. The molecule has 7 heteroatoms. The second-order valence-electron chi connectivity index (χ2n) is 10.6. The van der Waals surface area contributed by atoms with E-state index in [-0.39, 0.29) is 23.5 Å². The van der Waals surface area contributed by atoms with Gasteiger partial charge in [0, 0.05) is 42.9 Å². The minimum atomic E-state index is -0.310. The number of halogens is 1. The van der Waals surface area contributed by atoms with Crippen molar-refractivity contribution in [3.8, 4) is 0 Å². The van der Waals surface area contributed by atoms with Crippen LogP contribution in [0.3, 0.4) is 0 Å². The molecule has 2 aromatic carbocycles. The number of likely N-dealkylation sites (tertiary alicyclic amines) is 1. The first-order valence-corrected chi connectivity index (χ1v) is 13.7. The van der Waals surface area contributed by atoms with Gasteiger partial charge in [-0.15, -0.1) is 0 Å². The number of hydrogen-bond acceptors (Lipinski definition) is 4. The largest absolute Gasteiger partial charge is 0.391 e. The van der Waals surface area contributed by atoms with E-state index in [0.717, 1.165) is 55.6 Å². The number of aryl methyl sites for hydroxylation is 2. The first kappa shape index (κ1) is 25.2. The molecule has 5 rings (SSSR count). The van der Waals surface area contributed by atoms with Gasteiger partial charge < -0.3 is 15.0 Å². The van der Waals surface area contributed by atoms with E-state index in [2.05, 4.69) is 39.5 Å². The standard InChI is InChI=1S/C29H37ClN4O2/c1-33-24-10-9-22(30)19-23(24)32-27(33)11-12-28(36)31-20-29(21-7-3-2-4-8-21)15-13-25(26(35)14-16-29)34-17-5-6-18-34/h2-4,7-10,19,25-26,35H,5-6,11-18,20H2,1H3,(H,31,36)/t25-,26-,29-/m0/s1. The van der Waals surface area contributed by atoms with Crippen LogP contribution in [0.15, 0.2) is 48.5 Å². The van der Waals surface area contributed by atoms with E-state index in [9.17, 15) is 9.90 Å². The minimum absolute atomic E-state index is 0.0382. The van der Waals surface area contributed by atoms with Crippen LogP contribution >= 0.6 is 11.6 Å². The summed E-state index contributed by atoms with van der Waals surface area (Å²) in [5, 5.41) is 15.0. The molecule has 2 aliphatic rings. The maximum atomic E-state index is 13.0. The van der Waals surface area contributed by atoms with Crippen LogP contribution < -0.4 is 5.32 Å². The molecule has 6 nitrogen and oxygen atoms in total. The summed E-state index contributed by atoms with van der Waals surface area (Å²) in [6.07, 6.45) is 6.63. The van der Waals surface area contributed by atoms with E-state index in [0.29, 0.717) is 24.4 Å². The number of imidazole rings is 1. The number of amides is 1. The average molecular weight is 509 g/mol. The summed E-state index contributed by atoms with van der Waals surface area (Å²) >= 11 is 6.12. The van der Waals surface area contributed by atoms with E-state index >= 15 is 0 Å². The van der Waals surface area contributed by atoms with Gasteiger partial charge in [0.1, 0.15) is 5.82 Å². The predicted molar refractivity (Wildman–Crippen MR) is 144 cm³/mol. The molecule has 192 valence electrons. The summed E-state index contributed by atoms with van der Waals surface area (Å²) < 4.78 is 2.04. The molecule has 36 heavy (non-hydrogen) atoms. The highest BCUT2D eigenvalue weighted by atomic mass is 35.5. The maximum absolute atomic E-state index is 13.0. The SMILES string of the molecule is Cn1c(CCC(=O)NC[C@@]2(c3ccccc3)CC[C@H](O)[C@@H](N3CCCC3)CC2)nc2cc(Cl)ccc21. The van der Waals surface area contributed by atoms with E-state index in [4.69, 9.17) is 11.6 Å². The van der Waals surface area contributed by atoms with Crippen molar-refractivity contribution < 1.29 is 9.90 Å². The molecule has 3 atom stereocenters. The number of nitrogens with zero attached hydrogens (tertiary/aromatic N) is 3. The fraction of sp³-hybridized carbons (Fsp3) is 0.517. The first-order chi connectivity index (χ1) is 17.4. The number of aliphatic hydroxyl groups is 1. The Morgan fingerprint density at radius 2 is 1.89 bits per heavy atom. The average Bonchev–Trinajstić information content (AvgIpc) is 3.48. The van der Waals surface area contributed by atoms with Crippen LogP contribution in [0.2, 0.25) is 5.02 Å². The van der Waals surface area contributed by atoms with Crippen molar-refractivity contribution in [1.82, 2.24) is 19.8 Å². The van der Waals surface area contributed by atoms with Gasteiger partial charge in [0.2, 0.25) is 5.91 Å². The summed E-state index contributed by atoms with van der Waals surface area (Å²) in [6.45, 7) is 2.77. The smallest absolute Gasteiger partial charge is 0.220 e. The monoisotopic (exact) mass is 508 g/mol. The van der Waals surface area contributed by atoms with E-state index < -0.39 is 0 Å². The molecule has 2 heterocycles. The highest BCUT2D eigenvalue weighted by molar-refractivity contribution is 6.31. The summed E-state index contributed by atoms with van der Waals surface area (Å²) in [5.74, 6) is 0.919. The molecule has 0 bridgehead atoms. The third-order valence-corrected chi connectivity index (χ3v) is 8.65. The van der Waals surface area contributed by atoms with Gasteiger partial charge in [0.25, 0.3) is 0 Å². The molecular weight excluding hydrogens is 472 g/mol. The van der Waals surface area contributed by atoms with Crippen LogP contribution in [-0.2, 0) is 23.7 Å². The second-order valence-corrected chi connectivity index (χ2v) is 11.0. The normalized spacial score (nSPS) is 25.2. The van der Waals surface area contributed by atoms with Gasteiger partial charge in [-0.25, -0.2) is 4.98 Å². The fourth-order valence-electron chi connectivity index (χ4n) is 6.24. The van der Waals surface area contributed by atoms with Gasteiger partial charge >= 0.3 is 0 Å². The van der Waals surface area contributed by atoms with Crippen molar-refractivity contribution in [2.45, 2.75) is 68.9 Å².